The van der Waals surface area contributed by atoms with E-state index in [9.17, 15) is 0 Å². The molecular formula is C24H31N5. The first-order valence-electron chi connectivity index (χ1n) is 11.1. The van der Waals surface area contributed by atoms with Gasteiger partial charge in [0.2, 0.25) is 0 Å². The smallest absolute Gasteiger partial charge is 0.178 e. The number of nitrogens with two attached hydrogens (primary N) is 1. The molecule has 0 saturated heterocycles. The molecule has 2 heterocycles. The Kier molecular flexibility index (Phi) is 4.78. The standard InChI is InChI=1S/C24H31N5/c1-15-7-10-21-20(11-15)22(25)23(29(21)19-5-3-4-6-19)24-27-13-17(14-28-24)12-26-16(2)18-8-9-18/h7,10-11,13-14,16,18-19,26H,3-6,8-9,12,25H2,1-2H3. The summed E-state index contributed by atoms with van der Waals surface area (Å²) in [5.74, 6) is 1.59. The first-order chi connectivity index (χ1) is 14.1. The molecule has 2 aromatic heterocycles. The zero-order chi connectivity index (χ0) is 20.0. The van der Waals surface area contributed by atoms with Gasteiger partial charge in [0.15, 0.2) is 5.82 Å². The van der Waals surface area contributed by atoms with E-state index < -0.39 is 0 Å². The summed E-state index contributed by atoms with van der Waals surface area (Å²) >= 11 is 0. The maximum Gasteiger partial charge on any atom is 0.178 e. The average Bonchev–Trinajstić information content (AvgIpc) is 3.37. The van der Waals surface area contributed by atoms with Gasteiger partial charge in [-0.05, 0) is 57.6 Å². The minimum atomic E-state index is 0.483. The summed E-state index contributed by atoms with van der Waals surface area (Å²) in [4.78, 5) is 9.49. The van der Waals surface area contributed by atoms with Gasteiger partial charge in [0, 0.05) is 42.0 Å². The second-order valence-electron chi connectivity index (χ2n) is 9.01. The summed E-state index contributed by atoms with van der Waals surface area (Å²) in [5.41, 5.74) is 12.0. The lowest BCUT2D eigenvalue weighted by atomic mass is 10.1. The van der Waals surface area contributed by atoms with Gasteiger partial charge in [0.25, 0.3) is 0 Å². The van der Waals surface area contributed by atoms with Crippen LogP contribution in [0.25, 0.3) is 22.4 Å². The van der Waals surface area contributed by atoms with Gasteiger partial charge in [-0.2, -0.15) is 0 Å². The number of rotatable bonds is 6. The summed E-state index contributed by atoms with van der Waals surface area (Å²) in [5, 5.41) is 4.73. The summed E-state index contributed by atoms with van der Waals surface area (Å²) < 4.78 is 2.42. The van der Waals surface area contributed by atoms with E-state index in [1.165, 1.54) is 49.6 Å². The topological polar surface area (TPSA) is 68.8 Å². The van der Waals surface area contributed by atoms with E-state index in [1.807, 2.05) is 12.4 Å². The number of aryl methyl sites for hydroxylation is 1. The first kappa shape index (κ1) is 18.6. The van der Waals surface area contributed by atoms with E-state index in [2.05, 4.69) is 41.9 Å². The molecule has 2 fully saturated rings. The van der Waals surface area contributed by atoms with Crippen molar-refractivity contribution in [2.45, 2.75) is 71.0 Å². The molecule has 1 aromatic carbocycles. The summed E-state index contributed by atoms with van der Waals surface area (Å²) in [7, 11) is 0. The van der Waals surface area contributed by atoms with Crippen molar-refractivity contribution >= 4 is 16.6 Å². The van der Waals surface area contributed by atoms with Crippen LogP contribution in [0, 0.1) is 12.8 Å². The van der Waals surface area contributed by atoms with Crippen molar-refractivity contribution in [2.75, 3.05) is 5.73 Å². The van der Waals surface area contributed by atoms with Gasteiger partial charge in [0.05, 0.1) is 11.2 Å². The zero-order valence-corrected chi connectivity index (χ0v) is 17.5. The minimum absolute atomic E-state index is 0.483. The molecule has 3 aromatic rings. The van der Waals surface area contributed by atoms with Crippen LogP contribution in [0.5, 0.6) is 0 Å². The van der Waals surface area contributed by atoms with Crippen molar-refractivity contribution in [2.24, 2.45) is 5.92 Å². The number of nitrogen functional groups attached to an aromatic ring is 1. The van der Waals surface area contributed by atoms with E-state index in [1.54, 1.807) is 0 Å². The Morgan fingerprint density at radius 3 is 2.55 bits per heavy atom. The number of nitrogens with zero attached hydrogens (tertiary/aromatic N) is 3. The maximum absolute atomic E-state index is 6.67. The Labute approximate surface area is 172 Å². The summed E-state index contributed by atoms with van der Waals surface area (Å²) in [6, 6.07) is 7.63. The molecule has 152 valence electrons. The number of fused-ring (bicyclic) bond motifs is 1. The van der Waals surface area contributed by atoms with Gasteiger partial charge >= 0.3 is 0 Å². The fraction of sp³-hybridized carbons (Fsp3) is 0.500. The highest BCUT2D eigenvalue weighted by Crippen LogP contribution is 2.42. The van der Waals surface area contributed by atoms with Crippen molar-refractivity contribution in [3.63, 3.8) is 0 Å². The van der Waals surface area contributed by atoms with Gasteiger partial charge in [-0.15, -0.1) is 0 Å². The molecule has 29 heavy (non-hydrogen) atoms. The molecule has 2 aliphatic carbocycles. The van der Waals surface area contributed by atoms with Crippen molar-refractivity contribution in [3.8, 4) is 11.5 Å². The summed E-state index contributed by atoms with van der Waals surface area (Å²) in [6.07, 6.45) is 11.6. The molecule has 2 aliphatic rings. The lowest BCUT2D eigenvalue weighted by molar-refractivity contribution is 0.495. The number of hydrogen-bond acceptors (Lipinski definition) is 4. The third-order valence-electron chi connectivity index (χ3n) is 6.76. The fourth-order valence-corrected chi connectivity index (χ4v) is 4.83. The van der Waals surface area contributed by atoms with Crippen LogP contribution in [-0.4, -0.2) is 20.6 Å². The summed E-state index contributed by atoms with van der Waals surface area (Å²) in [6.45, 7) is 5.21. The predicted octanol–water partition coefficient (Wildman–Crippen LogP) is 4.99. The Morgan fingerprint density at radius 2 is 1.86 bits per heavy atom. The molecule has 0 radical (unpaired) electrons. The Morgan fingerprint density at radius 1 is 1.14 bits per heavy atom. The van der Waals surface area contributed by atoms with Gasteiger partial charge in [-0.3, -0.25) is 0 Å². The van der Waals surface area contributed by atoms with Crippen LogP contribution in [0.4, 0.5) is 5.69 Å². The van der Waals surface area contributed by atoms with Gasteiger partial charge < -0.3 is 15.6 Å². The second kappa shape index (κ2) is 7.45. The predicted molar refractivity (Wildman–Crippen MR) is 119 cm³/mol. The first-order valence-corrected chi connectivity index (χ1v) is 11.1. The number of hydrogen-bond donors (Lipinski definition) is 2. The van der Waals surface area contributed by atoms with Crippen LogP contribution < -0.4 is 11.1 Å². The third kappa shape index (κ3) is 3.52. The largest absolute Gasteiger partial charge is 0.396 e. The van der Waals surface area contributed by atoms with E-state index in [-0.39, 0.29) is 0 Å². The van der Waals surface area contributed by atoms with Crippen LogP contribution in [0.1, 0.15) is 62.6 Å². The normalized spacial score (nSPS) is 18.6. The van der Waals surface area contributed by atoms with E-state index in [0.29, 0.717) is 12.1 Å². The van der Waals surface area contributed by atoms with Crippen molar-refractivity contribution in [3.05, 3.63) is 41.7 Å². The van der Waals surface area contributed by atoms with Crippen LogP contribution >= 0.6 is 0 Å². The SMILES string of the molecule is Cc1ccc2c(c1)c(N)c(-c1ncc(CNC(C)C3CC3)cn1)n2C1CCCC1. The Bertz CT molecular complexity index is 1010. The maximum atomic E-state index is 6.67. The molecule has 1 atom stereocenters. The van der Waals surface area contributed by atoms with Gasteiger partial charge in [-0.1, -0.05) is 24.5 Å². The van der Waals surface area contributed by atoms with Crippen LogP contribution in [0.3, 0.4) is 0 Å². The zero-order valence-electron chi connectivity index (χ0n) is 17.5. The molecular weight excluding hydrogens is 358 g/mol. The van der Waals surface area contributed by atoms with Gasteiger partial charge in [0.1, 0.15) is 5.69 Å². The number of nitrogens with one attached hydrogen (secondary N) is 1. The molecule has 1 unspecified atom stereocenters. The lowest BCUT2D eigenvalue weighted by Crippen LogP contribution is -2.27. The third-order valence-corrected chi connectivity index (χ3v) is 6.76. The monoisotopic (exact) mass is 389 g/mol. The molecule has 5 heteroatoms. The molecule has 5 rings (SSSR count). The molecule has 5 nitrogen and oxygen atoms in total. The number of anilines is 1. The number of benzene rings is 1. The van der Waals surface area contributed by atoms with Crippen LogP contribution in [-0.2, 0) is 6.54 Å². The molecule has 3 N–H and O–H groups in total. The highest BCUT2D eigenvalue weighted by atomic mass is 15.1. The quantitative estimate of drug-likeness (QED) is 0.623. The van der Waals surface area contributed by atoms with E-state index in [4.69, 9.17) is 15.7 Å². The Balaban J connectivity index is 1.50. The molecule has 0 amide bonds. The van der Waals surface area contributed by atoms with Gasteiger partial charge in [-0.25, -0.2) is 9.97 Å². The lowest BCUT2D eigenvalue weighted by Gasteiger charge is -2.18. The van der Waals surface area contributed by atoms with Crippen molar-refractivity contribution < 1.29 is 0 Å². The molecule has 0 spiro atoms. The van der Waals surface area contributed by atoms with E-state index in [0.717, 1.165) is 40.6 Å². The van der Waals surface area contributed by atoms with Crippen LogP contribution in [0.15, 0.2) is 30.6 Å². The van der Waals surface area contributed by atoms with Crippen molar-refractivity contribution in [1.82, 2.24) is 19.9 Å². The Hall–Kier alpha value is -2.40. The molecule has 0 aliphatic heterocycles. The average molecular weight is 390 g/mol. The molecule has 0 bridgehead atoms. The van der Waals surface area contributed by atoms with Crippen molar-refractivity contribution in [1.29, 1.82) is 0 Å². The molecule has 2 saturated carbocycles. The number of aromatic nitrogens is 3. The highest BCUT2D eigenvalue weighted by Gasteiger charge is 2.28. The minimum Gasteiger partial charge on any atom is -0.396 e. The fourth-order valence-electron chi connectivity index (χ4n) is 4.83. The highest BCUT2D eigenvalue weighted by molar-refractivity contribution is 6.00. The second-order valence-corrected chi connectivity index (χ2v) is 9.01. The van der Waals surface area contributed by atoms with Crippen LogP contribution in [0.2, 0.25) is 0 Å². The van der Waals surface area contributed by atoms with E-state index >= 15 is 0 Å².